The van der Waals surface area contributed by atoms with Gasteiger partial charge < -0.3 is 20.2 Å². The third-order valence-corrected chi connectivity index (χ3v) is 9.34. The van der Waals surface area contributed by atoms with Gasteiger partial charge in [0.25, 0.3) is 0 Å². The number of fused-ring (bicyclic) bond motifs is 2. The number of thiazole rings is 1. The molecule has 1 aromatic heterocycles. The number of halogens is 1. The molecule has 226 valence electrons. The number of nitrogens with zero attached hydrogens (tertiary/aromatic N) is 5. The maximum Gasteiger partial charge on any atom is 0.334 e. The van der Waals surface area contributed by atoms with Crippen molar-refractivity contribution in [3.63, 3.8) is 0 Å². The van der Waals surface area contributed by atoms with Gasteiger partial charge in [-0.05, 0) is 50.8 Å². The van der Waals surface area contributed by atoms with E-state index in [1.165, 1.54) is 11.3 Å². The molecule has 0 radical (unpaired) electrons. The lowest BCUT2D eigenvalue weighted by atomic mass is 9.98. The zero-order valence-electron chi connectivity index (χ0n) is 23.8. The molecule has 4 aromatic rings. The standard InChI is InChI=1S/C32H31BrN6O4S/c1-2-13-37-19-29(41)38-25(15-22-11-12-26(40)24(33)14-22)31(42)36(17-23-9-6-10-27-30(23)35-20-44-27)18-28(38)39(37)32(43)34-16-21-7-4-3-5-8-21/h2-12,14,20,25,28,40H,1,13,15-19H2,(H,34,43)/t25-,28-/m0/s1. The Labute approximate surface area is 267 Å². The van der Waals surface area contributed by atoms with Crippen LogP contribution in [0.2, 0.25) is 0 Å². The molecule has 44 heavy (non-hydrogen) atoms. The average molecular weight is 676 g/mol. The first-order valence-electron chi connectivity index (χ1n) is 14.2. The number of rotatable bonds is 8. The van der Waals surface area contributed by atoms with E-state index in [-0.39, 0.29) is 56.2 Å². The van der Waals surface area contributed by atoms with E-state index in [4.69, 9.17) is 0 Å². The number of aromatic hydroxyl groups is 1. The molecule has 2 N–H and O–H groups in total. The second kappa shape index (κ2) is 12.8. The van der Waals surface area contributed by atoms with Gasteiger partial charge in [0.15, 0.2) is 0 Å². The molecule has 0 unspecified atom stereocenters. The minimum Gasteiger partial charge on any atom is -0.507 e. The summed E-state index contributed by atoms with van der Waals surface area (Å²) in [5, 5.41) is 16.3. The second-order valence-electron chi connectivity index (χ2n) is 10.7. The number of aromatic nitrogens is 1. The number of amides is 4. The van der Waals surface area contributed by atoms with Crippen LogP contribution in [-0.2, 0) is 29.1 Å². The lowest BCUT2D eigenvalue weighted by Gasteiger charge is -2.55. The maximum atomic E-state index is 14.3. The van der Waals surface area contributed by atoms with Crippen molar-refractivity contribution in [2.24, 2.45) is 0 Å². The van der Waals surface area contributed by atoms with Crippen molar-refractivity contribution in [2.45, 2.75) is 31.7 Å². The van der Waals surface area contributed by atoms with Gasteiger partial charge >= 0.3 is 6.03 Å². The van der Waals surface area contributed by atoms with Gasteiger partial charge in [0.1, 0.15) is 18.0 Å². The smallest absolute Gasteiger partial charge is 0.334 e. The van der Waals surface area contributed by atoms with Gasteiger partial charge in [-0.2, -0.15) is 0 Å². The molecule has 4 amide bonds. The van der Waals surface area contributed by atoms with E-state index in [1.807, 2.05) is 48.5 Å². The van der Waals surface area contributed by atoms with Crippen molar-refractivity contribution in [2.75, 3.05) is 19.6 Å². The van der Waals surface area contributed by atoms with Crippen LogP contribution in [0.15, 0.2) is 89.4 Å². The van der Waals surface area contributed by atoms with Crippen molar-refractivity contribution in [3.05, 3.63) is 106 Å². The van der Waals surface area contributed by atoms with Crippen LogP contribution in [0, 0.1) is 0 Å². The number of nitrogens with one attached hydrogen (secondary N) is 1. The quantitative estimate of drug-likeness (QED) is 0.267. The van der Waals surface area contributed by atoms with Crippen molar-refractivity contribution in [3.8, 4) is 5.75 Å². The number of piperazine rings is 1. The first kappa shape index (κ1) is 29.8. The highest BCUT2D eigenvalue weighted by Gasteiger charge is 2.51. The Bertz CT molecular complexity index is 1720. The summed E-state index contributed by atoms with van der Waals surface area (Å²) in [5.41, 5.74) is 5.20. The Hall–Kier alpha value is -4.26. The number of phenolic OH excluding ortho intramolecular Hbond substituents is 1. The lowest BCUT2D eigenvalue weighted by Crippen LogP contribution is -2.76. The van der Waals surface area contributed by atoms with Crippen molar-refractivity contribution >= 4 is 55.3 Å². The minimum absolute atomic E-state index is 0.0787. The van der Waals surface area contributed by atoms with Gasteiger partial charge in [-0.15, -0.1) is 17.9 Å². The van der Waals surface area contributed by atoms with Crippen LogP contribution >= 0.6 is 27.3 Å². The van der Waals surface area contributed by atoms with Gasteiger partial charge in [-0.25, -0.2) is 19.8 Å². The molecule has 0 spiro atoms. The van der Waals surface area contributed by atoms with Crippen LogP contribution in [0.5, 0.6) is 5.75 Å². The summed E-state index contributed by atoms with van der Waals surface area (Å²) in [6, 6.07) is 19.3. The molecule has 2 atom stereocenters. The van der Waals surface area contributed by atoms with Crippen molar-refractivity contribution < 1.29 is 19.5 Å². The molecule has 6 rings (SSSR count). The Balaban J connectivity index is 1.37. The molecule has 12 heteroatoms. The monoisotopic (exact) mass is 674 g/mol. The number of urea groups is 1. The number of phenols is 1. The van der Waals surface area contributed by atoms with E-state index < -0.39 is 12.2 Å². The summed E-state index contributed by atoms with van der Waals surface area (Å²) in [6.45, 7) is 4.73. The predicted octanol–water partition coefficient (Wildman–Crippen LogP) is 4.50. The number of hydrogen-bond donors (Lipinski definition) is 2. The molecule has 3 aromatic carbocycles. The van der Waals surface area contributed by atoms with E-state index in [0.29, 0.717) is 11.0 Å². The van der Waals surface area contributed by atoms with E-state index in [9.17, 15) is 19.5 Å². The molecule has 3 heterocycles. The topological polar surface area (TPSA) is 109 Å². The number of para-hydroxylation sites is 1. The molecule has 0 bridgehead atoms. The molecular weight excluding hydrogens is 644 g/mol. The van der Waals surface area contributed by atoms with E-state index in [2.05, 4.69) is 32.8 Å². The van der Waals surface area contributed by atoms with Crippen molar-refractivity contribution in [1.29, 1.82) is 0 Å². The number of benzene rings is 3. The Morgan fingerprint density at radius 2 is 1.93 bits per heavy atom. The molecule has 2 aliphatic rings. The van der Waals surface area contributed by atoms with E-state index in [0.717, 1.165) is 26.9 Å². The molecule has 2 fully saturated rings. The first-order valence-corrected chi connectivity index (χ1v) is 15.9. The Kier molecular flexibility index (Phi) is 8.65. The largest absolute Gasteiger partial charge is 0.507 e. The Morgan fingerprint density at radius 1 is 1.11 bits per heavy atom. The van der Waals surface area contributed by atoms with Crippen LogP contribution < -0.4 is 5.32 Å². The van der Waals surface area contributed by atoms with Gasteiger partial charge in [0.2, 0.25) is 11.8 Å². The summed E-state index contributed by atoms with van der Waals surface area (Å²) in [5.74, 6) is -0.385. The van der Waals surface area contributed by atoms with E-state index >= 15 is 0 Å². The maximum absolute atomic E-state index is 14.3. The molecule has 0 aliphatic carbocycles. The van der Waals surface area contributed by atoms with Crippen LogP contribution in [-0.4, -0.2) is 79.6 Å². The molecule has 0 saturated carbocycles. The molecule has 2 saturated heterocycles. The molecule has 2 aliphatic heterocycles. The van der Waals surface area contributed by atoms with Gasteiger partial charge in [-0.1, -0.05) is 54.6 Å². The highest BCUT2D eigenvalue weighted by Crippen LogP contribution is 2.32. The highest BCUT2D eigenvalue weighted by atomic mass is 79.9. The first-order chi connectivity index (χ1) is 21.3. The number of carbonyl (C=O) groups excluding carboxylic acids is 3. The van der Waals surface area contributed by atoms with Crippen LogP contribution in [0.1, 0.15) is 16.7 Å². The number of carbonyl (C=O) groups is 3. The fourth-order valence-electron chi connectivity index (χ4n) is 5.88. The summed E-state index contributed by atoms with van der Waals surface area (Å²) < 4.78 is 1.51. The predicted molar refractivity (Wildman–Crippen MR) is 171 cm³/mol. The SMILES string of the molecule is C=CCN1CC(=O)N2[C@@H](Cc3ccc(O)c(Br)c3)C(=O)N(Cc3cccc4scnc34)C[C@@H]2N1C(=O)NCc1ccccc1. The zero-order valence-corrected chi connectivity index (χ0v) is 26.2. The van der Waals surface area contributed by atoms with Gasteiger partial charge in [-0.3, -0.25) is 9.59 Å². The lowest BCUT2D eigenvalue weighted by molar-refractivity contribution is -0.189. The number of hydrazine groups is 1. The van der Waals surface area contributed by atoms with E-state index in [1.54, 1.807) is 49.6 Å². The zero-order chi connectivity index (χ0) is 30.8. The fourth-order valence-corrected chi connectivity index (χ4v) is 7.03. The highest BCUT2D eigenvalue weighted by molar-refractivity contribution is 9.10. The third-order valence-electron chi connectivity index (χ3n) is 7.91. The normalized spacial score (nSPS) is 18.9. The summed E-state index contributed by atoms with van der Waals surface area (Å²) in [4.78, 5) is 49.8. The minimum atomic E-state index is -0.873. The van der Waals surface area contributed by atoms with Crippen LogP contribution in [0.25, 0.3) is 10.2 Å². The van der Waals surface area contributed by atoms with Crippen molar-refractivity contribution in [1.82, 2.24) is 30.1 Å². The number of hydrogen-bond acceptors (Lipinski definition) is 7. The Morgan fingerprint density at radius 3 is 2.70 bits per heavy atom. The molecule has 10 nitrogen and oxygen atoms in total. The van der Waals surface area contributed by atoms with Crippen LogP contribution in [0.4, 0.5) is 4.79 Å². The fraction of sp³-hybridized carbons (Fsp3) is 0.250. The van der Waals surface area contributed by atoms with Gasteiger partial charge in [0, 0.05) is 26.1 Å². The van der Waals surface area contributed by atoms with Gasteiger partial charge in [0.05, 0.1) is 33.3 Å². The van der Waals surface area contributed by atoms with Crippen LogP contribution in [0.3, 0.4) is 0 Å². The second-order valence-corrected chi connectivity index (χ2v) is 12.5. The summed E-state index contributed by atoms with van der Waals surface area (Å²) in [6.07, 6.45) is 1.10. The molecular formula is C32H31BrN6O4S. The third kappa shape index (κ3) is 5.92. The summed E-state index contributed by atoms with van der Waals surface area (Å²) >= 11 is 4.89. The summed E-state index contributed by atoms with van der Waals surface area (Å²) in [7, 11) is 0. The average Bonchev–Trinajstić information content (AvgIpc) is 3.51.